The van der Waals surface area contributed by atoms with Crippen molar-refractivity contribution in [2.24, 2.45) is 5.11 Å². The highest BCUT2D eigenvalue weighted by Crippen LogP contribution is 2.41. The van der Waals surface area contributed by atoms with Gasteiger partial charge in [0.05, 0.1) is 6.61 Å². The summed E-state index contributed by atoms with van der Waals surface area (Å²) in [4.78, 5) is 14.6. The van der Waals surface area contributed by atoms with Crippen molar-refractivity contribution in [1.82, 2.24) is 0 Å². The molecule has 1 aromatic rings. The highest BCUT2D eigenvalue weighted by atomic mass is 35.6. The summed E-state index contributed by atoms with van der Waals surface area (Å²) in [5.41, 5.74) is 10.2. The van der Waals surface area contributed by atoms with E-state index >= 15 is 0 Å². The number of carbonyl (C=O) groups excluding carboxylic acids is 1. The monoisotopic (exact) mass is 594 g/mol. The van der Waals surface area contributed by atoms with E-state index in [0.29, 0.717) is 0 Å². The standard InChI is InChI=1S/C23H33Cl3N4O6Si/c1-14(31)32-13-16-18(36-37(5,6)22(2,3)4)19(33-12-15-10-8-7-9-11-15)17(29-30-28)20(34-16)35-21(27)23(24,25)26/h7-11,16-20,27H,12-13H2,1-6H3/t16-,17-,18-,19-,20?/m1/s1. The zero-order chi connectivity index (χ0) is 28.0. The molecule has 1 aromatic carbocycles. The van der Waals surface area contributed by atoms with E-state index in [1.807, 2.05) is 43.4 Å². The van der Waals surface area contributed by atoms with Gasteiger partial charge in [0.2, 0.25) is 12.2 Å². The summed E-state index contributed by atoms with van der Waals surface area (Å²) in [6.07, 6.45) is -4.04. The van der Waals surface area contributed by atoms with Gasteiger partial charge in [0.25, 0.3) is 3.79 Å². The number of rotatable bonds is 9. The lowest BCUT2D eigenvalue weighted by molar-refractivity contribution is -0.252. The van der Waals surface area contributed by atoms with Crippen molar-refractivity contribution in [3.63, 3.8) is 0 Å². The molecular formula is C23H33Cl3N4O6Si. The number of hydrogen-bond donors (Lipinski definition) is 1. The second kappa shape index (κ2) is 13.0. The van der Waals surface area contributed by atoms with Crippen LogP contribution in [-0.4, -0.2) is 61.2 Å². The molecule has 14 heteroatoms. The lowest BCUT2D eigenvalue weighted by Gasteiger charge is -2.49. The quantitative estimate of drug-likeness (QED) is 0.0520. The summed E-state index contributed by atoms with van der Waals surface area (Å²) in [7, 11) is -2.46. The number of azide groups is 1. The molecule has 0 bridgehead atoms. The SMILES string of the molecule is CC(=O)OC[C@H]1OC(OC(=N)C(Cl)(Cl)Cl)[C@H](N=[N+]=[N-])[C@@H](OCc2ccccc2)[C@@H]1O[Si](C)(C)C(C)(C)C. The minimum absolute atomic E-state index is 0.148. The predicted molar refractivity (Wildman–Crippen MR) is 144 cm³/mol. The number of hydrogen-bond acceptors (Lipinski definition) is 8. The van der Waals surface area contributed by atoms with E-state index in [9.17, 15) is 10.3 Å². The number of alkyl halides is 3. The molecule has 10 nitrogen and oxygen atoms in total. The van der Waals surface area contributed by atoms with E-state index in [4.69, 9.17) is 63.6 Å². The third-order valence-electron chi connectivity index (χ3n) is 6.26. The molecule has 1 fully saturated rings. The molecule has 0 amide bonds. The molecule has 1 heterocycles. The van der Waals surface area contributed by atoms with Gasteiger partial charge in [0, 0.05) is 11.8 Å². The van der Waals surface area contributed by atoms with E-state index in [-0.39, 0.29) is 18.3 Å². The molecule has 1 unspecified atom stereocenters. The Bertz CT molecular complexity index is 983. The van der Waals surface area contributed by atoms with Gasteiger partial charge < -0.3 is 23.4 Å². The maximum absolute atomic E-state index is 11.7. The Balaban J connectivity index is 2.54. The molecule has 1 aliphatic rings. The van der Waals surface area contributed by atoms with Crippen LogP contribution in [0.3, 0.4) is 0 Å². The molecule has 0 saturated carbocycles. The number of benzene rings is 1. The first kappa shape index (κ1) is 31.7. The summed E-state index contributed by atoms with van der Waals surface area (Å²) >= 11 is 17.4. The summed E-state index contributed by atoms with van der Waals surface area (Å²) < 4.78 is 27.7. The van der Waals surface area contributed by atoms with Crippen molar-refractivity contribution in [2.45, 2.75) is 86.9 Å². The van der Waals surface area contributed by atoms with E-state index in [0.717, 1.165) is 5.56 Å². The smallest absolute Gasteiger partial charge is 0.302 e. The van der Waals surface area contributed by atoms with Crippen LogP contribution in [0.15, 0.2) is 35.4 Å². The summed E-state index contributed by atoms with van der Waals surface area (Å²) in [5.74, 6) is -1.27. The predicted octanol–water partition coefficient (Wildman–Crippen LogP) is 6.29. The van der Waals surface area contributed by atoms with E-state index in [1.165, 1.54) is 6.92 Å². The number of ether oxygens (including phenoxy) is 4. The minimum atomic E-state index is -2.46. The normalized spacial score (nSPS) is 24.6. The average Bonchev–Trinajstić information content (AvgIpc) is 2.78. The van der Waals surface area contributed by atoms with Crippen LogP contribution in [0.2, 0.25) is 18.1 Å². The van der Waals surface area contributed by atoms with Crippen molar-refractivity contribution >= 4 is 55.0 Å². The minimum Gasteiger partial charge on any atom is -0.463 e. The lowest BCUT2D eigenvalue weighted by Crippen LogP contribution is -2.63. The fraction of sp³-hybridized carbons (Fsp3) is 0.652. The molecule has 206 valence electrons. The number of nitrogens with one attached hydrogen (secondary N) is 1. The van der Waals surface area contributed by atoms with Crippen LogP contribution in [0.1, 0.15) is 33.3 Å². The Morgan fingerprint density at radius 1 is 1.19 bits per heavy atom. The van der Waals surface area contributed by atoms with Gasteiger partial charge >= 0.3 is 5.97 Å². The third kappa shape index (κ3) is 9.00. The fourth-order valence-corrected chi connectivity index (χ4v) is 4.76. The number of esters is 1. The summed E-state index contributed by atoms with van der Waals surface area (Å²) in [6, 6.07) is 8.25. The second-order valence-electron chi connectivity index (χ2n) is 10.1. The summed E-state index contributed by atoms with van der Waals surface area (Å²) in [5, 5.41) is 11.7. The average molecular weight is 596 g/mol. The van der Waals surface area contributed by atoms with Crippen LogP contribution in [0, 0.1) is 5.41 Å². The van der Waals surface area contributed by atoms with Gasteiger partial charge in [-0.2, -0.15) is 0 Å². The second-order valence-corrected chi connectivity index (χ2v) is 17.1. The highest BCUT2D eigenvalue weighted by Gasteiger charge is 2.53. The molecule has 0 aromatic heterocycles. The Morgan fingerprint density at radius 3 is 2.32 bits per heavy atom. The first-order valence-electron chi connectivity index (χ1n) is 11.6. The molecule has 0 spiro atoms. The van der Waals surface area contributed by atoms with Gasteiger partial charge in [0.1, 0.15) is 31.0 Å². The van der Waals surface area contributed by atoms with Gasteiger partial charge in [-0.25, -0.2) is 0 Å². The highest BCUT2D eigenvalue weighted by molar-refractivity contribution is 6.76. The molecule has 1 N–H and O–H groups in total. The first-order valence-corrected chi connectivity index (χ1v) is 15.6. The molecule has 1 saturated heterocycles. The van der Waals surface area contributed by atoms with Crippen molar-refractivity contribution in [3.8, 4) is 0 Å². The lowest BCUT2D eigenvalue weighted by atomic mass is 9.97. The van der Waals surface area contributed by atoms with Crippen molar-refractivity contribution in [3.05, 3.63) is 46.3 Å². The molecule has 0 radical (unpaired) electrons. The Morgan fingerprint density at radius 2 is 1.81 bits per heavy atom. The van der Waals surface area contributed by atoms with Gasteiger partial charge in [-0.3, -0.25) is 10.2 Å². The van der Waals surface area contributed by atoms with E-state index in [1.54, 1.807) is 0 Å². The molecule has 5 atom stereocenters. The topological polar surface area (TPSA) is 136 Å². The first-order chi connectivity index (χ1) is 17.1. The summed E-state index contributed by atoms with van der Waals surface area (Å²) in [6.45, 7) is 11.5. The Hall–Kier alpha value is -1.56. The molecule has 1 aliphatic heterocycles. The van der Waals surface area contributed by atoms with E-state index < -0.39 is 54.6 Å². The maximum atomic E-state index is 11.7. The van der Waals surface area contributed by atoms with Crippen LogP contribution >= 0.6 is 34.8 Å². The van der Waals surface area contributed by atoms with E-state index in [2.05, 4.69) is 30.8 Å². The Kier molecular flexibility index (Phi) is 11.1. The van der Waals surface area contributed by atoms with Crippen LogP contribution in [0.4, 0.5) is 0 Å². The van der Waals surface area contributed by atoms with Crippen LogP contribution < -0.4 is 0 Å². The van der Waals surface area contributed by atoms with Gasteiger partial charge in [-0.1, -0.05) is 91.0 Å². The van der Waals surface area contributed by atoms with Crippen LogP contribution in [0.25, 0.3) is 10.4 Å². The largest absolute Gasteiger partial charge is 0.463 e. The third-order valence-corrected chi connectivity index (χ3v) is 11.3. The van der Waals surface area contributed by atoms with Gasteiger partial charge in [0.15, 0.2) is 8.32 Å². The van der Waals surface area contributed by atoms with Crippen LogP contribution in [-0.2, 0) is 34.8 Å². The van der Waals surface area contributed by atoms with Gasteiger partial charge in [-0.05, 0) is 29.2 Å². The number of carbonyl (C=O) groups is 1. The van der Waals surface area contributed by atoms with Crippen LogP contribution in [0.5, 0.6) is 0 Å². The number of nitrogens with zero attached hydrogens (tertiary/aromatic N) is 3. The van der Waals surface area contributed by atoms with Gasteiger partial charge in [-0.15, -0.1) is 0 Å². The number of halogens is 3. The Labute approximate surface area is 233 Å². The fourth-order valence-electron chi connectivity index (χ4n) is 3.30. The zero-order valence-corrected chi connectivity index (χ0v) is 24.9. The molecule has 0 aliphatic carbocycles. The zero-order valence-electron chi connectivity index (χ0n) is 21.6. The van der Waals surface area contributed by atoms with Crippen molar-refractivity contribution < 1.29 is 28.2 Å². The van der Waals surface area contributed by atoms with Crippen molar-refractivity contribution in [1.29, 1.82) is 5.41 Å². The molecular weight excluding hydrogens is 563 g/mol. The van der Waals surface area contributed by atoms with Crippen molar-refractivity contribution in [2.75, 3.05) is 6.61 Å². The maximum Gasteiger partial charge on any atom is 0.302 e. The molecule has 2 rings (SSSR count). The molecule has 37 heavy (non-hydrogen) atoms.